The number of nitro benzene ring substituents is 1. The van der Waals surface area contributed by atoms with Crippen LogP contribution < -0.4 is 5.32 Å². The molecule has 0 radical (unpaired) electrons. The molecular weight excluding hydrogens is 412 g/mol. The largest absolute Gasteiger partial charge is 0.321 e. The minimum Gasteiger partial charge on any atom is -0.321 e. The molecule has 0 spiro atoms. The Balaban J connectivity index is 1.54. The summed E-state index contributed by atoms with van der Waals surface area (Å²) in [7, 11) is 0. The minimum atomic E-state index is -0.425. The maximum atomic E-state index is 12.8. The van der Waals surface area contributed by atoms with Gasteiger partial charge in [-0.3, -0.25) is 19.3 Å². The van der Waals surface area contributed by atoms with Crippen molar-refractivity contribution in [3.8, 4) is 11.3 Å². The van der Waals surface area contributed by atoms with E-state index in [0.29, 0.717) is 21.1 Å². The van der Waals surface area contributed by atoms with Crippen LogP contribution in [0.3, 0.4) is 0 Å². The molecule has 4 rings (SSSR count). The summed E-state index contributed by atoms with van der Waals surface area (Å²) in [5, 5.41) is 14.0. The predicted octanol–water partition coefficient (Wildman–Crippen LogP) is 5.87. The standard InChI is InChI=1S/C23H22N4O3S/c1-3-4-6-16-9-11-18(12-10-16)24-22(28)21-15(2)26-14-20(25-23(26)31-21)17-7-5-8-19(13-17)27(29)30/h5,7-14H,3-4,6H2,1-2H3,(H,24,28). The summed E-state index contributed by atoms with van der Waals surface area (Å²) < 4.78 is 1.85. The fourth-order valence-corrected chi connectivity index (χ4v) is 4.41. The van der Waals surface area contributed by atoms with Crippen LogP contribution in [0.5, 0.6) is 0 Å². The molecule has 4 aromatic rings. The third-order valence-corrected chi connectivity index (χ3v) is 6.30. The molecular formula is C23H22N4O3S. The van der Waals surface area contributed by atoms with Crippen LogP contribution in [0.2, 0.25) is 0 Å². The SMILES string of the molecule is CCCCc1ccc(NC(=O)c2sc3nc(-c4cccc([N+](=O)[O-])c4)cn3c2C)cc1. The number of nitrogens with zero attached hydrogens (tertiary/aromatic N) is 3. The molecule has 31 heavy (non-hydrogen) atoms. The smallest absolute Gasteiger partial charge is 0.270 e. The summed E-state index contributed by atoms with van der Waals surface area (Å²) >= 11 is 1.30. The maximum Gasteiger partial charge on any atom is 0.270 e. The molecule has 2 aromatic carbocycles. The van der Waals surface area contributed by atoms with Crippen molar-refractivity contribution in [1.82, 2.24) is 9.38 Å². The number of fused-ring (bicyclic) bond motifs is 1. The number of hydrogen-bond donors (Lipinski definition) is 1. The Morgan fingerprint density at radius 1 is 1.23 bits per heavy atom. The highest BCUT2D eigenvalue weighted by molar-refractivity contribution is 7.19. The normalized spacial score (nSPS) is 11.0. The number of unbranched alkanes of at least 4 members (excludes halogenated alkanes) is 1. The maximum absolute atomic E-state index is 12.8. The molecule has 0 aliphatic rings. The average Bonchev–Trinajstić information content (AvgIpc) is 3.33. The zero-order valence-electron chi connectivity index (χ0n) is 17.3. The van der Waals surface area contributed by atoms with E-state index in [9.17, 15) is 14.9 Å². The molecule has 7 nitrogen and oxygen atoms in total. The number of imidazole rings is 1. The van der Waals surface area contributed by atoms with Gasteiger partial charge < -0.3 is 5.32 Å². The summed E-state index contributed by atoms with van der Waals surface area (Å²) in [5.41, 5.74) is 4.12. The van der Waals surface area contributed by atoms with Gasteiger partial charge in [-0.25, -0.2) is 4.98 Å². The van der Waals surface area contributed by atoms with Gasteiger partial charge in [0.25, 0.3) is 11.6 Å². The van der Waals surface area contributed by atoms with Gasteiger partial charge in [0.15, 0.2) is 4.96 Å². The van der Waals surface area contributed by atoms with E-state index in [1.54, 1.807) is 18.3 Å². The average molecular weight is 435 g/mol. The van der Waals surface area contributed by atoms with Crippen molar-refractivity contribution >= 4 is 33.6 Å². The lowest BCUT2D eigenvalue weighted by atomic mass is 10.1. The molecule has 1 amide bonds. The van der Waals surface area contributed by atoms with Gasteiger partial charge in [0.1, 0.15) is 4.88 Å². The molecule has 0 aliphatic carbocycles. The van der Waals surface area contributed by atoms with Crippen LogP contribution in [0.4, 0.5) is 11.4 Å². The predicted molar refractivity (Wildman–Crippen MR) is 123 cm³/mol. The summed E-state index contributed by atoms with van der Waals surface area (Å²) in [4.78, 5) is 29.3. The number of hydrogen-bond acceptors (Lipinski definition) is 5. The lowest BCUT2D eigenvalue weighted by Gasteiger charge is -2.06. The Labute approximate surface area is 183 Å². The molecule has 0 unspecified atom stereocenters. The molecule has 2 aromatic heterocycles. The molecule has 0 atom stereocenters. The highest BCUT2D eigenvalue weighted by Crippen LogP contribution is 2.29. The van der Waals surface area contributed by atoms with E-state index < -0.39 is 4.92 Å². The first-order chi connectivity index (χ1) is 15.0. The van der Waals surface area contributed by atoms with Crippen molar-refractivity contribution in [1.29, 1.82) is 0 Å². The Morgan fingerprint density at radius 3 is 2.68 bits per heavy atom. The molecule has 0 bridgehead atoms. The molecule has 0 aliphatic heterocycles. The van der Waals surface area contributed by atoms with E-state index in [-0.39, 0.29) is 11.6 Å². The number of nitro groups is 1. The Kier molecular flexibility index (Phi) is 5.81. The van der Waals surface area contributed by atoms with Gasteiger partial charge in [-0.05, 0) is 37.5 Å². The van der Waals surface area contributed by atoms with Crippen molar-refractivity contribution < 1.29 is 9.72 Å². The molecule has 0 saturated heterocycles. The van der Waals surface area contributed by atoms with Gasteiger partial charge in [0.05, 0.1) is 10.6 Å². The van der Waals surface area contributed by atoms with Gasteiger partial charge >= 0.3 is 0 Å². The van der Waals surface area contributed by atoms with Crippen LogP contribution in [-0.4, -0.2) is 20.2 Å². The monoisotopic (exact) mass is 434 g/mol. The van der Waals surface area contributed by atoms with Crippen molar-refractivity contribution in [2.75, 3.05) is 5.32 Å². The van der Waals surface area contributed by atoms with Gasteiger partial charge in [-0.1, -0.05) is 48.9 Å². The first-order valence-corrected chi connectivity index (χ1v) is 10.9. The van der Waals surface area contributed by atoms with Crippen molar-refractivity contribution in [3.63, 3.8) is 0 Å². The fraction of sp³-hybridized carbons (Fsp3) is 0.217. The summed E-state index contributed by atoms with van der Waals surface area (Å²) in [5.74, 6) is -0.175. The summed E-state index contributed by atoms with van der Waals surface area (Å²) in [6.45, 7) is 4.03. The lowest BCUT2D eigenvalue weighted by molar-refractivity contribution is -0.384. The Bertz CT molecular complexity index is 1260. The van der Waals surface area contributed by atoms with Crippen LogP contribution in [-0.2, 0) is 6.42 Å². The van der Waals surface area contributed by atoms with Crippen LogP contribution in [0, 0.1) is 17.0 Å². The number of non-ortho nitro benzene ring substituents is 1. The van der Waals surface area contributed by atoms with E-state index >= 15 is 0 Å². The zero-order valence-corrected chi connectivity index (χ0v) is 18.1. The number of rotatable bonds is 7. The quantitative estimate of drug-likeness (QED) is 0.291. The van der Waals surface area contributed by atoms with E-state index in [1.165, 1.54) is 29.0 Å². The first kappa shape index (κ1) is 20.7. The molecule has 0 fully saturated rings. The van der Waals surface area contributed by atoms with Crippen LogP contribution in [0.15, 0.2) is 54.7 Å². The van der Waals surface area contributed by atoms with Crippen LogP contribution >= 0.6 is 11.3 Å². The number of thiazole rings is 1. The number of carbonyl (C=O) groups excluding carboxylic acids is 1. The zero-order chi connectivity index (χ0) is 22.0. The number of benzene rings is 2. The molecule has 2 heterocycles. The third kappa shape index (κ3) is 4.34. The number of amides is 1. The molecule has 0 saturated carbocycles. The van der Waals surface area contributed by atoms with E-state index in [2.05, 4.69) is 17.2 Å². The van der Waals surface area contributed by atoms with Crippen LogP contribution in [0.1, 0.15) is 40.7 Å². The second kappa shape index (κ2) is 8.69. The Hall–Kier alpha value is -3.52. The van der Waals surface area contributed by atoms with Gasteiger partial charge in [-0.2, -0.15) is 0 Å². The van der Waals surface area contributed by atoms with Crippen LogP contribution in [0.25, 0.3) is 16.2 Å². The number of aromatic nitrogens is 2. The van der Waals surface area contributed by atoms with Gasteiger partial charge in [0, 0.05) is 35.3 Å². The van der Waals surface area contributed by atoms with E-state index in [0.717, 1.165) is 30.6 Å². The second-order valence-corrected chi connectivity index (χ2v) is 8.33. The minimum absolute atomic E-state index is 0.0198. The molecule has 1 N–H and O–H groups in total. The number of anilines is 1. The fourth-order valence-electron chi connectivity index (χ4n) is 3.40. The lowest BCUT2D eigenvalue weighted by Crippen LogP contribution is -2.11. The van der Waals surface area contributed by atoms with Crippen molar-refractivity contribution in [2.24, 2.45) is 0 Å². The third-order valence-electron chi connectivity index (χ3n) is 5.15. The topological polar surface area (TPSA) is 89.5 Å². The van der Waals surface area contributed by atoms with Gasteiger partial charge in [0.2, 0.25) is 0 Å². The summed E-state index contributed by atoms with van der Waals surface area (Å²) in [6, 6.07) is 14.3. The number of aryl methyl sites for hydroxylation is 2. The number of carbonyl (C=O) groups is 1. The van der Waals surface area contributed by atoms with E-state index in [4.69, 9.17) is 0 Å². The van der Waals surface area contributed by atoms with Crippen molar-refractivity contribution in [3.05, 3.63) is 81.0 Å². The highest BCUT2D eigenvalue weighted by atomic mass is 32.1. The van der Waals surface area contributed by atoms with Gasteiger partial charge in [-0.15, -0.1) is 0 Å². The summed E-state index contributed by atoms with van der Waals surface area (Å²) in [6.07, 6.45) is 5.15. The van der Waals surface area contributed by atoms with E-state index in [1.807, 2.05) is 35.6 Å². The van der Waals surface area contributed by atoms with Crippen molar-refractivity contribution in [2.45, 2.75) is 33.1 Å². The highest BCUT2D eigenvalue weighted by Gasteiger charge is 2.19. The second-order valence-electron chi connectivity index (χ2n) is 7.36. The molecule has 158 valence electrons. The number of nitrogens with one attached hydrogen (secondary N) is 1. The molecule has 8 heteroatoms. The Morgan fingerprint density at radius 2 is 2.00 bits per heavy atom. The first-order valence-electron chi connectivity index (χ1n) is 10.1.